The van der Waals surface area contributed by atoms with Crippen LogP contribution in [0.2, 0.25) is 0 Å². The third-order valence-corrected chi connectivity index (χ3v) is 4.94. The summed E-state index contributed by atoms with van der Waals surface area (Å²) in [7, 11) is -1.43. The molecule has 0 spiro atoms. The van der Waals surface area contributed by atoms with Crippen LogP contribution < -0.4 is 10.0 Å². The molecule has 2 atom stereocenters. The zero-order chi connectivity index (χ0) is 14.5. The lowest BCUT2D eigenvalue weighted by Gasteiger charge is -2.19. The standard InChI is InChI=1S/C14H24N2O2S/c1-5-10-16-19(17,18)14-8-6-13(7-9-14)11(2)12(3)15-4/h6-9,11-12,15-16H,5,10H2,1-4H3. The number of hydrogen-bond donors (Lipinski definition) is 2. The number of sulfonamides is 1. The quantitative estimate of drug-likeness (QED) is 0.806. The highest BCUT2D eigenvalue weighted by Crippen LogP contribution is 2.20. The summed E-state index contributed by atoms with van der Waals surface area (Å²) in [4.78, 5) is 0.328. The van der Waals surface area contributed by atoms with Gasteiger partial charge in [-0.25, -0.2) is 13.1 Å². The normalized spacial score (nSPS) is 15.2. The molecular weight excluding hydrogens is 260 g/mol. The summed E-state index contributed by atoms with van der Waals surface area (Å²) in [5.74, 6) is 0.338. The van der Waals surface area contributed by atoms with Crippen LogP contribution in [-0.4, -0.2) is 28.1 Å². The van der Waals surface area contributed by atoms with Crippen LogP contribution in [0.4, 0.5) is 0 Å². The van der Waals surface area contributed by atoms with Crippen molar-refractivity contribution in [1.29, 1.82) is 0 Å². The molecule has 0 fully saturated rings. The van der Waals surface area contributed by atoms with E-state index in [4.69, 9.17) is 0 Å². The van der Waals surface area contributed by atoms with Gasteiger partial charge < -0.3 is 5.32 Å². The zero-order valence-corrected chi connectivity index (χ0v) is 12.9. The lowest BCUT2D eigenvalue weighted by Crippen LogP contribution is -2.27. The third kappa shape index (κ3) is 4.30. The average Bonchev–Trinajstić information content (AvgIpc) is 2.43. The minimum absolute atomic E-state index is 0.328. The van der Waals surface area contributed by atoms with Gasteiger partial charge in [0.05, 0.1) is 4.90 Å². The monoisotopic (exact) mass is 284 g/mol. The van der Waals surface area contributed by atoms with Gasteiger partial charge in [0.2, 0.25) is 10.0 Å². The van der Waals surface area contributed by atoms with Gasteiger partial charge >= 0.3 is 0 Å². The van der Waals surface area contributed by atoms with E-state index in [-0.39, 0.29) is 0 Å². The van der Waals surface area contributed by atoms with Gasteiger partial charge in [-0.1, -0.05) is 26.0 Å². The molecule has 0 aliphatic carbocycles. The van der Waals surface area contributed by atoms with E-state index in [1.165, 1.54) is 0 Å². The smallest absolute Gasteiger partial charge is 0.240 e. The topological polar surface area (TPSA) is 58.2 Å². The van der Waals surface area contributed by atoms with Crippen LogP contribution >= 0.6 is 0 Å². The summed E-state index contributed by atoms with van der Waals surface area (Å²) in [6.45, 7) is 6.64. The first kappa shape index (κ1) is 16.1. The van der Waals surface area contributed by atoms with E-state index in [0.29, 0.717) is 23.4 Å². The second kappa shape index (κ2) is 7.03. The molecule has 0 aliphatic heterocycles. The fourth-order valence-electron chi connectivity index (χ4n) is 1.81. The van der Waals surface area contributed by atoms with Crippen LogP contribution in [0.25, 0.3) is 0 Å². The minimum Gasteiger partial charge on any atom is -0.317 e. The Hall–Kier alpha value is -0.910. The Morgan fingerprint density at radius 2 is 1.74 bits per heavy atom. The first-order chi connectivity index (χ1) is 8.92. The predicted octanol–water partition coefficient (Wildman–Crippen LogP) is 2.09. The van der Waals surface area contributed by atoms with E-state index >= 15 is 0 Å². The molecule has 0 heterocycles. The largest absolute Gasteiger partial charge is 0.317 e. The van der Waals surface area contributed by atoms with Crippen LogP contribution in [0, 0.1) is 0 Å². The maximum Gasteiger partial charge on any atom is 0.240 e. The average molecular weight is 284 g/mol. The highest BCUT2D eigenvalue weighted by Gasteiger charge is 2.16. The van der Waals surface area contributed by atoms with Gasteiger partial charge in [0, 0.05) is 12.6 Å². The van der Waals surface area contributed by atoms with Crippen molar-refractivity contribution in [2.45, 2.75) is 44.0 Å². The molecule has 2 unspecified atom stereocenters. The highest BCUT2D eigenvalue weighted by atomic mass is 32.2. The molecule has 0 aliphatic rings. The van der Waals surface area contributed by atoms with Gasteiger partial charge in [-0.05, 0) is 44.0 Å². The fourth-order valence-corrected chi connectivity index (χ4v) is 2.94. The summed E-state index contributed by atoms with van der Waals surface area (Å²) in [5, 5.41) is 3.21. The Labute approximate surface area is 116 Å². The van der Waals surface area contributed by atoms with Crippen molar-refractivity contribution in [3.05, 3.63) is 29.8 Å². The maximum absolute atomic E-state index is 11.9. The maximum atomic E-state index is 11.9. The van der Waals surface area contributed by atoms with Crippen molar-refractivity contribution in [2.24, 2.45) is 0 Å². The van der Waals surface area contributed by atoms with Crippen LogP contribution in [-0.2, 0) is 10.0 Å². The Morgan fingerprint density at radius 3 is 2.21 bits per heavy atom. The summed E-state index contributed by atoms with van der Waals surface area (Å²) in [6, 6.07) is 7.47. The van der Waals surface area contributed by atoms with E-state index in [0.717, 1.165) is 12.0 Å². The van der Waals surface area contributed by atoms with Gasteiger partial charge in [0.25, 0.3) is 0 Å². The molecule has 4 nitrogen and oxygen atoms in total. The second-order valence-corrected chi connectivity index (χ2v) is 6.60. The third-order valence-electron chi connectivity index (χ3n) is 3.46. The van der Waals surface area contributed by atoms with Crippen LogP contribution in [0.3, 0.4) is 0 Å². The predicted molar refractivity (Wildman–Crippen MR) is 78.9 cm³/mol. The van der Waals surface area contributed by atoms with E-state index in [9.17, 15) is 8.42 Å². The molecular formula is C14H24N2O2S. The van der Waals surface area contributed by atoms with Gasteiger partial charge in [0.1, 0.15) is 0 Å². The highest BCUT2D eigenvalue weighted by molar-refractivity contribution is 7.89. The lowest BCUT2D eigenvalue weighted by molar-refractivity contribution is 0.524. The van der Waals surface area contributed by atoms with Crippen molar-refractivity contribution in [1.82, 2.24) is 10.0 Å². The Kier molecular flexibility index (Phi) is 5.97. The first-order valence-corrected chi connectivity index (χ1v) is 8.17. The molecule has 1 aromatic rings. The molecule has 0 aromatic heterocycles. The molecule has 0 saturated carbocycles. The van der Waals surface area contributed by atoms with Crippen molar-refractivity contribution < 1.29 is 8.42 Å². The number of likely N-dealkylation sites (N-methyl/N-ethyl adjacent to an activating group) is 1. The Bertz CT molecular complexity index is 483. The van der Waals surface area contributed by atoms with Crippen LogP contribution in [0.15, 0.2) is 29.2 Å². The number of rotatable bonds is 7. The molecule has 1 aromatic carbocycles. The lowest BCUT2D eigenvalue weighted by atomic mass is 9.95. The Balaban J connectivity index is 2.87. The number of benzene rings is 1. The number of hydrogen-bond acceptors (Lipinski definition) is 3. The van der Waals surface area contributed by atoms with Crippen molar-refractivity contribution in [3.63, 3.8) is 0 Å². The van der Waals surface area contributed by atoms with Crippen molar-refractivity contribution >= 4 is 10.0 Å². The molecule has 0 saturated heterocycles. The van der Waals surface area contributed by atoms with Gasteiger partial charge in [0.15, 0.2) is 0 Å². The molecule has 1 rings (SSSR count). The molecule has 2 N–H and O–H groups in total. The van der Waals surface area contributed by atoms with Gasteiger partial charge in [-0.2, -0.15) is 0 Å². The van der Waals surface area contributed by atoms with E-state index < -0.39 is 10.0 Å². The van der Waals surface area contributed by atoms with Crippen molar-refractivity contribution in [2.75, 3.05) is 13.6 Å². The van der Waals surface area contributed by atoms with E-state index in [1.807, 2.05) is 26.1 Å². The summed E-state index contributed by atoms with van der Waals surface area (Å²) < 4.78 is 26.4. The van der Waals surface area contributed by atoms with Crippen LogP contribution in [0.5, 0.6) is 0 Å². The fraction of sp³-hybridized carbons (Fsp3) is 0.571. The summed E-state index contributed by atoms with van der Waals surface area (Å²) >= 11 is 0. The molecule has 0 radical (unpaired) electrons. The van der Waals surface area contributed by atoms with Gasteiger partial charge in [-0.15, -0.1) is 0 Å². The zero-order valence-electron chi connectivity index (χ0n) is 12.1. The summed E-state index contributed by atoms with van der Waals surface area (Å²) in [5.41, 5.74) is 1.14. The first-order valence-electron chi connectivity index (χ1n) is 6.69. The SMILES string of the molecule is CCCNS(=O)(=O)c1ccc(C(C)C(C)NC)cc1. The summed E-state index contributed by atoms with van der Waals surface area (Å²) in [6.07, 6.45) is 0.786. The van der Waals surface area contributed by atoms with E-state index in [2.05, 4.69) is 23.9 Å². The van der Waals surface area contributed by atoms with Crippen LogP contribution in [0.1, 0.15) is 38.7 Å². The second-order valence-electron chi connectivity index (χ2n) is 4.83. The minimum atomic E-state index is -3.36. The molecule has 0 amide bonds. The molecule has 108 valence electrons. The molecule has 0 bridgehead atoms. The molecule has 19 heavy (non-hydrogen) atoms. The number of nitrogens with one attached hydrogen (secondary N) is 2. The molecule has 5 heteroatoms. The van der Waals surface area contributed by atoms with Crippen molar-refractivity contribution in [3.8, 4) is 0 Å². The Morgan fingerprint density at radius 1 is 1.16 bits per heavy atom. The van der Waals surface area contributed by atoms with E-state index in [1.54, 1.807) is 12.1 Å². The van der Waals surface area contributed by atoms with Gasteiger partial charge in [-0.3, -0.25) is 0 Å².